The molecule has 236 valence electrons. The molecule has 0 aromatic heterocycles. The van der Waals surface area contributed by atoms with Gasteiger partial charge in [0, 0.05) is 19.0 Å². The fourth-order valence-corrected chi connectivity index (χ4v) is 6.56. The Morgan fingerprint density at radius 2 is 1.38 bits per heavy atom. The third-order valence-corrected chi connectivity index (χ3v) is 9.67. The Bertz CT molecular complexity index is 1710. The van der Waals surface area contributed by atoms with Crippen LogP contribution in [0.2, 0.25) is 0 Å². The number of nitrogens with zero attached hydrogens (tertiary/aromatic N) is 2. The number of benzene rings is 4. The van der Waals surface area contributed by atoms with Gasteiger partial charge in [-0.2, -0.15) is 0 Å². The van der Waals surface area contributed by atoms with E-state index >= 15 is 0 Å². The monoisotopic (exact) mass is 625 g/mol. The highest BCUT2D eigenvalue weighted by Crippen LogP contribution is 2.26. The van der Waals surface area contributed by atoms with Gasteiger partial charge in [-0.1, -0.05) is 96.9 Å². The first kappa shape index (κ1) is 33.5. The number of amides is 2. The highest BCUT2D eigenvalue weighted by Gasteiger charge is 2.35. The summed E-state index contributed by atoms with van der Waals surface area (Å²) in [5.74, 6) is -0.758. The molecule has 45 heavy (non-hydrogen) atoms. The van der Waals surface area contributed by atoms with Gasteiger partial charge in [0.15, 0.2) is 0 Å². The van der Waals surface area contributed by atoms with Crippen LogP contribution in [-0.2, 0) is 32.6 Å². The number of anilines is 1. The lowest BCUT2D eigenvalue weighted by atomic mass is 10.0. The van der Waals surface area contributed by atoms with Crippen LogP contribution in [0.5, 0.6) is 0 Å². The first-order valence-electron chi connectivity index (χ1n) is 15.3. The number of rotatable bonds is 13. The number of sulfonamides is 1. The van der Waals surface area contributed by atoms with Crippen LogP contribution in [0.15, 0.2) is 108 Å². The van der Waals surface area contributed by atoms with E-state index in [0.717, 1.165) is 38.5 Å². The van der Waals surface area contributed by atoms with E-state index in [1.54, 1.807) is 42.5 Å². The largest absolute Gasteiger partial charge is 0.352 e. The number of nitrogens with one attached hydrogen (secondary N) is 1. The lowest BCUT2D eigenvalue weighted by molar-refractivity contribution is -0.140. The molecule has 0 spiro atoms. The van der Waals surface area contributed by atoms with Gasteiger partial charge in [0.1, 0.15) is 12.6 Å². The van der Waals surface area contributed by atoms with E-state index in [0.29, 0.717) is 5.69 Å². The predicted molar refractivity (Wildman–Crippen MR) is 180 cm³/mol. The number of aryl methyl sites for hydroxylation is 3. The van der Waals surface area contributed by atoms with Crippen molar-refractivity contribution in [3.8, 4) is 0 Å². The van der Waals surface area contributed by atoms with E-state index in [2.05, 4.69) is 5.32 Å². The Morgan fingerprint density at radius 3 is 2.00 bits per heavy atom. The number of hydrogen-bond acceptors (Lipinski definition) is 4. The number of hydrogen-bond donors (Lipinski definition) is 1. The zero-order valence-corrected chi connectivity index (χ0v) is 27.6. The molecule has 0 radical (unpaired) electrons. The van der Waals surface area contributed by atoms with Crippen LogP contribution >= 0.6 is 0 Å². The standard InChI is InChI=1S/C37H43N3O4S/c1-6-30(5)38-37(42)35(24-31-14-8-7-9-15-31)39(25-32-16-10-12-28(3)22-32)36(41)26-40(33-17-11-13-29(4)23-33)45(43,44)34-20-18-27(2)19-21-34/h7-23,30,35H,6,24-26H2,1-5H3,(H,38,42). The van der Waals surface area contributed by atoms with E-state index in [4.69, 9.17) is 0 Å². The molecule has 0 aliphatic rings. The van der Waals surface area contributed by atoms with Gasteiger partial charge in [-0.05, 0) is 75.1 Å². The van der Waals surface area contributed by atoms with Gasteiger partial charge < -0.3 is 10.2 Å². The van der Waals surface area contributed by atoms with E-state index in [9.17, 15) is 18.0 Å². The van der Waals surface area contributed by atoms with Crippen LogP contribution in [0, 0.1) is 20.8 Å². The minimum atomic E-state index is -4.14. The Labute approximate surface area is 268 Å². The number of carbonyl (C=O) groups excluding carboxylic acids is 2. The first-order valence-corrected chi connectivity index (χ1v) is 16.8. The molecule has 2 unspecified atom stereocenters. The average molecular weight is 626 g/mol. The normalized spacial score (nSPS) is 12.6. The highest BCUT2D eigenvalue weighted by atomic mass is 32.2. The summed E-state index contributed by atoms with van der Waals surface area (Å²) in [7, 11) is -4.14. The maximum atomic E-state index is 14.6. The van der Waals surface area contributed by atoms with Crippen molar-refractivity contribution in [3.63, 3.8) is 0 Å². The summed E-state index contributed by atoms with van der Waals surface area (Å²) in [6, 6.07) is 30.1. The Hall–Kier alpha value is -4.43. The molecule has 0 fully saturated rings. The molecule has 4 aromatic rings. The second-order valence-corrected chi connectivity index (χ2v) is 13.6. The van der Waals surface area contributed by atoms with Crippen molar-refractivity contribution >= 4 is 27.5 Å². The van der Waals surface area contributed by atoms with E-state index < -0.39 is 28.5 Å². The van der Waals surface area contributed by atoms with Crippen molar-refractivity contribution in [2.24, 2.45) is 0 Å². The molecular weight excluding hydrogens is 582 g/mol. The van der Waals surface area contributed by atoms with Crippen molar-refractivity contribution in [3.05, 3.63) is 131 Å². The predicted octanol–water partition coefficient (Wildman–Crippen LogP) is 6.36. The fourth-order valence-electron chi connectivity index (χ4n) is 5.15. The third-order valence-electron chi connectivity index (χ3n) is 7.89. The van der Waals surface area contributed by atoms with E-state index in [1.165, 1.54) is 4.90 Å². The third kappa shape index (κ3) is 8.82. The molecule has 0 aliphatic carbocycles. The molecule has 2 amide bonds. The van der Waals surface area contributed by atoms with Crippen molar-refractivity contribution in [2.75, 3.05) is 10.8 Å². The molecule has 0 heterocycles. The number of carbonyl (C=O) groups is 2. The van der Waals surface area contributed by atoms with Crippen molar-refractivity contribution < 1.29 is 18.0 Å². The van der Waals surface area contributed by atoms with Gasteiger partial charge in [-0.15, -0.1) is 0 Å². The van der Waals surface area contributed by atoms with Crippen LogP contribution in [0.1, 0.15) is 48.1 Å². The molecule has 0 bridgehead atoms. The van der Waals surface area contributed by atoms with Crippen LogP contribution in [0.3, 0.4) is 0 Å². The molecule has 4 rings (SSSR count). The highest BCUT2D eigenvalue weighted by molar-refractivity contribution is 7.92. The summed E-state index contributed by atoms with van der Waals surface area (Å²) in [5.41, 5.74) is 4.92. The molecule has 0 aliphatic heterocycles. The van der Waals surface area contributed by atoms with Gasteiger partial charge in [-0.3, -0.25) is 13.9 Å². The minimum Gasteiger partial charge on any atom is -0.352 e. The molecule has 2 atom stereocenters. The van der Waals surface area contributed by atoms with Crippen LogP contribution in [0.4, 0.5) is 5.69 Å². The lowest BCUT2D eigenvalue weighted by Crippen LogP contribution is -2.54. The molecule has 8 heteroatoms. The van der Waals surface area contributed by atoms with Gasteiger partial charge in [0.05, 0.1) is 10.6 Å². The van der Waals surface area contributed by atoms with Crippen molar-refractivity contribution in [2.45, 2.75) is 71.0 Å². The lowest BCUT2D eigenvalue weighted by Gasteiger charge is -2.34. The SMILES string of the molecule is CCC(C)NC(=O)C(Cc1ccccc1)N(Cc1cccc(C)c1)C(=O)CN(c1cccc(C)c1)S(=O)(=O)c1ccc(C)cc1. The van der Waals surface area contributed by atoms with Gasteiger partial charge in [0.2, 0.25) is 11.8 Å². The topological polar surface area (TPSA) is 86.8 Å². The Balaban J connectivity index is 1.81. The molecular formula is C37H43N3O4S. The second-order valence-electron chi connectivity index (χ2n) is 11.7. The molecule has 7 nitrogen and oxygen atoms in total. The summed E-state index contributed by atoms with van der Waals surface area (Å²) in [6.45, 7) is 9.31. The Kier molecular flexibility index (Phi) is 11.2. The molecule has 0 saturated heterocycles. The summed E-state index contributed by atoms with van der Waals surface area (Å²) in [5, 5.41) is 3.07. The zero-order chi connectivity index (χ0) is 32.6. The van der Waals surface area contributed by atoms with Crippen LogP contribution < -0.4 is 9.62 Å². The van der Waals surface area contributed by atoms with Gasteiger partial charge >= 0.3 is 0 Å². The fraction of sp³-hybridized carbons (Fsp3) is 0.297. The molecule has 0 saturated carbocycles. The smallest absolute Gasteiger partial charge is 0.264 e. The minimum absolute atomic E-state index is 0.0861. The van der Waals surface area contributed by atoms with Crippen molar-refractivity contribution in [1.29, 1.82) is 0 Å². The van der Waals surface area contributed by atoms with Crippen LogP contribution in [-0.4, -0.2) is 43.8 Å². The van der Waals surface area contributed by atoms with Gasteiger partial charge in [-0.25, -0.2) is 8.42 Å². The van der Waals surface area contributed by atoms with E-state index in [1.807, 2.05) is 95.3 Å². The first-order chi connectivity index (χ1) is 21.5. The summed E-state index contributed by atoms with van der Waals surface area (Å²) in [4.78, 5) is 30.1. The average Bonchev–Trinajstić information content (AvgIpc) is 3.02. The quantitative estimate of drug-likeness (QED) is 0.187. The molecule has 1 N–H and O–H groups in total. The summed E-state index contributed by atoms with van der Waals surface area (Å²) in [6.07, 6.45) is 1.00. The molecule has 4 aromatic carbocycles. The second kappa shape index (κ2) is 15.0. The summed E-state index contributed by atoms with van der Waals surface area (Å²) < 4.78 is 29.5. The maximum Gasteiger partial charge on any atom is 0.264 e. The maximum absolute atomic E-state index is 14.6. The van der Waals surface area contributed by atoms with Crippen molar-refractivity contribution in [1.82, 2.24) is 10.2 Å². The van der Waals surface area contributed by atoms with Gasteiger partial charge in [0.25, 0.3) is 10.0 Å². The Morgan fingerprint density at radius 1 is 0.756 bits per heavy atom. The van der Waals surface area contributed by atoms with E-state index in [-0.39, 0.29) is 29.8 Å². The zero-order valence-electron chi connectivity index (χ0n) is 26.7. The summed E-state index contributed by atoms with van der Waals surface area (Å²) >= 11 is 0. The van der Waals surface area contributed by atoms with Crippen LogP contribution in [0.25, 0.3) is 0 Å².